The fourth-order valence-electron chi connectivity index (χ4n) is 2.26. The van der Waals surface area contributed by atoms with E-state index in [4.69, 9.17) is 0 Å². The molecule has 0 saturated carbocycles. The number of amides is 1. The fraction of sp³-hybridized carbons (Fsp3) is 0.615. The lowest BCUT2D eigenvalue weighted by Crippen LogP contribution is -2.34. The van der Waals surface area contributed by atoms with Crippen molar-refractivity contribution in [1.29, 1.82) is 0 Å². The maximum atomic E-state index is 12.3. The number of hydrogen-bond acceptors (Lipinski definition) is 4. The first-order valence-corrected chi connectivity index (χ1v) is 9.04. The standard InChI is InChI=1S/C13H20N2O2S2/c1-3-11-13(16)15(6-8-19(17)4-2)12(14-11)10-5-7-18-9-10/h5,7,9,11-12,14H,3-4,6,8H2,1-2H3. The summed E-state index contributed by atoms with van der Waals surface area (Å²) in [6.07, 6.45) is 0.727. The van der Waals surface area contributed by atoms with Crippen molar-refractivity contribution in [2.24, 2.45) is 0 Å². The average molecular weight is 300 g/mol. The van der Waals surface area contributed by atoms with Crippen LogP contribution in [0.5, 0.6) is 0 Å². The molecular formula is C13H20N2O2S2. The molecule has 1 amide bonds. The molecule has 0 bridgehead atoms. The summed E-state index contributed by atoms with van der Waals surface area (Å²) in [7, 11) is -0.832. The van der Waals surface area contributed by atoms with Gasteiger partial charge in [-0.1, -0.05) is 13.8 Å². The Morgan fingerprint density at radius 1 is 1.47 bits per heavy atom. The Bertz CT molecular complexity index is 448. The molecule has 0 radical (unpaired) electrons. The van der Waals surface area contributed by atoms with Gasteiger partial charge in [0.05, 0.1) is 6.04 Å². The molecule has 4 nitrogen and oxygen atoms in total. The van der Waals surface area contributed by atoms with Crippen molar-refractivity contribution in [2.75, 3.05) is 18.1 Å². The van der Waals surface area contributed by atoms with Gasteiger partial charge in [0, 0.05) is 28.9 Å². The summed E-state index contributed by atoms with van der Waals surface area (Å²) in [6, 6.07) is 1.93. The van der Waals surface area contributed by atoms with Crippen LogP contribution in [-0.4, -0.2) is 39.1 Å². The number of carbonyl (C=O) groups excluding carboxylic acids is 1. The van der Waals surface area contributed by atoms with Gasteiger partial charge in [-0.15, -0.1) is 0 Å². The van der Waals surface area contributed by atoms with Crippen LogP contribution < -0.4 is 5.32 Å². The van der Waals surface area contributed by atoms with Crippen molar-refractivity contribution in [2.45, 2.75) is 32.5 Å². The van der Waals surface area contributed by atoms with Gasteiger partial charge in [0.1, 0.15) is 6.17 Å². The third-order valence-corrected chi connectivity index (χ3v) is 5.38. The number of carbonyl (C=O) groups is 1. The maximum absolute atomic E-state index is 12.3. The Morgan fingerprint density at radius 2 is 2.26 bits per heavy atom. The SMILES string of the molecule is CCC1NC(c2ccsc2)N(CCS(=O)CC)C1=O. The van der Waals surface area contributed by atoms with E-state index in [9.17, 15) is 9.00 Å². The van der Waals surface area contributed by atoms with Gasteiger partial charge in [0.25, 0.3) is 0 Å². The van der Waals surface area contributed by atoms with E-state index in [2.05, 4.69) is 10.7 Å². The second kappa shape index (κ2) is 6.63. The van der Waals surface area contributed by atoms with Crippen LogP contribution in [0.4, 0.5) is 0 Å². The molecule has 1 N–H and O–H groups in total. The van der Waals surface area contributed by atoms with Gasteiger partial charge in [-0.2, -0.15) is 11.3 Å². The minimum atomic E-state index is -0.832. The van der Waals surface area contributed by atoms with Crippen LogP contribution in [0, 0.1) is 0 Å². The second-order valence-corrected chi connectivity index (χ2v) is 7.20. The summed E-state index contributed by atoms with van der Waals surface area (Å²) in [5, 5.41) is 7.45. The lowest BCUT2D eigenvalue weighted by molar-refractivity contribution is -0.129. The topological polar surface area (TPSA) is 49.4 Å². The molecule has 6 heteroatoms. The first-order valence-electron chi connectivity index (χ1n) is 6.61. The molecule has 2 rings (SSSR count). The van der Waals surface area contributed by atoms with E-state index in [-0.39, 0.29) is 18.1 Å². The second-order valence-electron chi connectivity index (χ2n) is 4.55. The predicted molar refractivity (Wildman–Crippen MR) is 79.5 cm³/mol. The van der Waals surface area contributed by atoms with Crippen LogP contribution in [0.25, 0.3) is 0 Å². The molecule has 0 spiro atoms. The minimum absolute atomic E-state index is 0.0578. The molecule has 1 saturated heterocycles. The highest BCUT2D eigenvalue weighted by atomic mass is 32.2. The highest BCUT2D eigenvalue weighted by Gasteiger charge is 2.38. The van der Waals surface area contributed by atoms with Crippen molar-refractivity contribution in [3.8, 4) is 0 Å². The van der Waals surface area contributed by atoms with Crippen LogP contribution in [0.1, 0.15) is 32.0 Å². The number of hydrogen-bond donors (Lipinski definition) is 1. The fourth-order valence-corrected chi connectivity index (χ4v) is 3.63. The molecule has 1 aromatic heterocycles. The van der Waals surface area contributed by atoms with Crippen LogP contribution in [0.3, 0.4) is 0 Å². The largest absolute Gasteiger partial charge is 0.321 e. The molecule has 3 atom stereocenters. The zero-order valence-corrected chi connectivity index (χ0v) is 12.9. The van der Waals surface area contributed by atoms with Crippen LogP contribution in [0.2, 0.25) is 0 Å². The van der Waals surface area contributed by atoms with Crippen LogP contribution >= 0.6 is 11.3 Å². The highest BCUT2D eigenvalue weighted by Crippen LogP contribution is 2.27. The van der Waals surface area contributed by atoms with Crippen molar-refractivity contribution in [3.63, 3.8) is 0 Å². The molecule has 19 heavy (non-hydrogen) atoms. The van der Waals surface area contributed by atoms with Crippen LogP contribution in [-0.2, 0) is 15.6 Å². The Balaban J connectivity index is 2.11. The van der Waals surface area contributed by atoms with Gasteiger partial charge < -0.3 is 4.90 Å². The summed E-state index contributed by atoms with van der Waals surface area (Å²) in [4.78, 5) is 14.1. The zero-order valence-electron chi connectivity index (χ0n) is 11.3. The quantitative estimate of drug-likeness (QED) is 0.870. The average Bonchev–Trinajstić information content (AvgIpc) is 3.04. The van der Waals surface area contributed by atoms with E-state index in [1.807, 2.05) is 30.2 Å². The molecule has 1 aromatic rings. The number of nitrogens with one attached hydrogen (secondary N) is 1. The lowest BCUT2D eigenvalue weighted by Gasteiger charge is -2.23. The summed E-state index contributed by atoms with van der Waals surface area (Å²) >= 11 is 1.63. The van der Waals surface area contributed by atoms with Gasteiger partial charge in [0.15, 0.2) is 0 Å². The molecule has 1 aliphatic rings. The summed E-state index contributed by atoms with van der Waals surface area (Å²) in [6.45, 7) is 4.47. The number of nitrogens with zero attached hydrogens (tertiary/aromatic N) is 1. The van der Waals surface area contributed by atoms with E-state index in [0.717, 1.165) is 12.0 Å². The lowest BCUT2D eigenvalue weighted by atomic mass is 10.2. The van der Waals surface area contributed by atoms with Crippen molar-refractivity contribution >= 4 is 28.0 Å². The normalized spacial score (nSPS) is 24.9. The van der Waals surface area contributed by atoms with Crippen molar-refractivity contribution < 1.29 is 9.00 Å². The highest BCUT2D eigenvalue weighted by molar-refractivity contribution is 7.84. The Hall–Kier alpha value is -0.720. The van der Waals surface area contributed by atoms with Gasteiger partial charge >= 0.3 is 0 Å². The van der Waals surface area contributed by atoms with E-state index in [1.54, 1.807) is 11.3 Å². The smallest absolute Gasteiger partial charge is 0.241 e. The molecule has 1 aliphatic heterocycles. The van der Waals surface area contributed by atoms with E-state index in [1.165, 1.54) is 0 Å². The van der Waals surface area contributed by atoms with Crippen molar-refractivity contribution in [1.82, 2.24) is 10.2 Å². The molecular weight excluding hydrogens is 280 g/mol. The summed E-state index contributed by atoms with van der Waals surface area (Å²) in [5.74, 6) is 1.34. The monoisotopic (exact) mass is 300 g/mol. The summed E-state index contributed by atoms with van der Waals surface area (Å²) in [5.41, 5.74) is 1.12. The first-order chi connectivity index (χ1) is 9.17. The molecule has 106 valence electrons. The van der Waals surface area contributed by atoms with Gasteiger partial charge in [-0.05, 0) is 28.8 Å². The molecule has 0 aliphatic carbocycles. The number of rotatable bonds is 6. The number of thiophene rings is 1. The van der Waals surface area contributed by atoms with E-state index < -0.39 is 10.8 Å². The first kappa shape index (κ1) is 14.7. The van der Waals surface area contributed by atoms with Crippen LogP contribution in [0.15, 0.2) is 16.8 Å². The molecule has 3 unspecified atom stereocenters. The molecule has 1 fully saturated rings. The third-order valence-electron chi connectivity index (χ3n) is 3.40. The van der Waals surface area contributed by atoms with Crippen molar-refractivity contribution in [3.05, 3.63) is 22.4 Å². The summed E-state index contributed by atoms with van der Waals surface area (Å²) < 4.78 is 11.6. The van der Waals surface area contributed by atoms with Gasteiger partial charge in [0.2, 0.25) is 5.91 Å². The van der Waals surface area contributed by atoms with E-state index >= 15 is 0 Å². The Morgan fingerprint density at radius 3 is 2.84 bits per heavy atom. The molecule has 0 aromatic carbocycles. The Labute approximate surface area is 120 Å². The third kappa shape index (κ3) is 3.24. The maximum Gasteiger partial charge on any atom is 0.241 e. The minimum Gasteiger partial charge on any atom is -0.321 e. The van der Waals surface area contributed by atoms with Gasteiger partial charge in [-0.25, -0.2) is 0 Å². The predicted octanol–water partition coefficient (Wildman–Crippen LogP) is 1.73. The Kier molecular flexibility index (Phi) is 5.13. The van der Waals surface area contributed by atoms with E-state index in [0.29, 0.717) is 18.1 Å². The molecule has 2 heterocycles. The van der Waals surface area contributed by atoms with Gasteiger partial charge in [-0.3, -0.25) is 14.3 Å². The zero-order chi connectivity index (χ0) is 13.8.